The molecule has 5 heteroatoms. The number of aryl methyl sites for hydroxylation is 3. The van der Waals surface area contributed by atoms with E-state index in [9.17, 15) is 8.42 Å². The monoisotopic (exact) mass is 419 g/mol. The van der Waals surface area contributed by atoms with Crippen LogP contribution >= 0.6 is 0 Å². The molecule has 0 aliphatic carbocycles. The number of para-hydroxylation sites is 1. The Hall–Kier alpha value is -3.05. The third-order valence-electron chi connectivity index (χ3n) is 5.46. The molecule has 0 saturated heterocycles. The molecule has 0 unspecified atom stereocenters. The second-order valence-electron chi connectivity index (χ2n) is 7.73. The molecule has 1 heterocycles. The van der Waals surface area contributed by atoms with Crippen molar-refractivity contribution in [1.82, 2.24) is 3.97 Å². The van der Waals surface area contributed by atoms with Gasteiger partial charge in [0.25, 0.3) is 10.0 Å². The molecule has 30 heavy (non-hydrogen) atoms. The Labute approximate surface area is 177 Å². The lowest BCUT2D eigenvalue weighted by Crippen LogP contribution is -2.11. The number of nitrogens with zero attached hydrogens (tertiary/aromatic N) is 1. The molecule has 4 aromatic rings. The van der Waals surface area contributed by atoms with Gasteiger partial charge >= 0.3 is 0 Å². The molecule has 0 aliphatic heterocycles. The Morgan fingerprint density at radius 2 is 1.53 bits per heavy atom. The molecule has 4 rings (SSSR count). The minimum absolute atomic E-state index is 0.288. The molecule has 0 amide bonds. The van der Waals surface area contributed by atoms with Crippen LogP contribution in [0, 0.1) is 20.8 Å². The van der Waals surface area contributed by atoms with E-state index in [1.807, 2.05) is 57.2 Å². The van der Waals surface area contributed by atoms with Gasteiger partial charge in [0.2, 0.25) is 0 Å². The SMILES string of the molecule is COc1c(C)cc(Cc2cn(S(=O)(=O)c3ccc(C)cc3)c3ccccc23)cc1C. The van der Waals surface area contributed by atoms with Crippen molar-refractivity contribution in [2.45, 2.75) is 32.1 Å². The van der Waals surface area contributed by atoms with Crippen LogP contribution in [0.3, 0.4) is 0 Å². The summed E-state index contributed by atoms with van der Waals surface area (Å²) in [6.07, 6.45) is 2.40. The number of methoxy groups -OCH3 is 1. The molecule has 4 nitrogen and oxygen atoms in total. The summed E-state index contributed by atoms with van der Waals surface area (Å²) in [5, 5.41) is 0.944. The van der Waals surface area contributed by atoms with Crippen LogP contribution in [0.25, 0.3) is 10.9 Å². The largest absolute Gasteiger partial charge is 0.496 e. The van der Waals surface area contributed by atoms with Crippen LogP contribution in [0.5, 0.6) is 5.75 Å². The number of hydrogen-bond acceptors (Lipinski definition) is 3. The standard InChI is InChI=1S/C25H25NO3S/c1-17-9-11-22(12-10-17)30(27,28)26-16-21(23-7-5-6-8-24(23)26)15-20-13-18(2)25(29-4)19(3)14-20/h5-14,16H,15H2,1-4H3. The fourth-order valence-electron chi connectivity index (χ4n) is 4.07. The summed E-state index contributed by atoms with van der Waals surface area (Å²) >= 11 is 0. The van der Waals surface area contributed by atoms with Crippen LogP contribution in [0.2, 0.25) is 0 Å². The van der Waals surface area contributed by atoms with E-state index < -0.39 is 10.0 Å². The summed E-state index contributed by atoms with van der Waals surface area (Å²) in [6.45, 7) is 6.00. The number of hydrogen-bond donors (Lipinski definition) is 0. The topological polar surface area (TPSA) is 48.3 Å². The van der Waals surface area contributed by atoms with Crippen LogP contribution in [0.1, 0.15) is 27.8 Å². The van der Waals surface area contributed by atoms with Crippen molar-refractivity contribution >= 4 is 20.9 Å². The molecule has 0 spiro atoms. The number of aromatic nitrogens is 1. The zero-order chi connectivity index (χ0) is 21.5. The second kappa shape index (κ2) is 7.65. The van der Waals surface area contributed by atoms with E-state index in [-0.39, 0.29) is 4.90 Å². The summed E-state index contributed by atoms with van der Waals surface area (Å²) in [5.74, 6) is 0.892. The molecule has 0 bridgehead atoms. The van der Waals surface area contributed by atoms with Crippen molar-refractivity contribution in [3.63, 3.8) is 0 Å². The highest BCUT2D eigenvalue weighted by atomic mass is 32.2. The van der Waals surface area contributed by atoms with Crippen LogP contribution in [0.4, 0.5) is 0 Å². The van der Waals surface area contributed by atoms with Gasteiger partial charge in [0.1, 0.15) is 5.75 Å². The first-order valence-electron chi connectivity index (χ1n) is 9.86. The summed E-state index contributed by atoms with van der Waals surface area (Å²) in [6, 6.07) is 18.8. The van der Waals surface area contributed by atoms with Crippen LogP contribution in [-0.2, 0) is 16.4 Å². The van der Waals surface area contributed by atoms with E-state index >= 15 is 0 Å². The Balaban J connectivity index is 1.83. The first-order valence-corrected chi connectivity index (χ1v) is 11.3. The van der Waals surface area contributed by atoms with E-state index in [0.717, 1.165) is 39.0 Å². The maximum absolute atomic E-state index is 13.4. The van der Waals surface area contributed by atoms with Gasteiger partial charge in [0.05, 0.1) is 17.5 Å². The molecule has 0 saturated carbocycles. The van der Waals surface area contributed by atoms with Crippen LogP contribution in [0.15, 0.2) is 71.8 Å². The molecular formula is C25H25NO3S. The fourth-order valence-corrected chi connectivity index (χ4v) is 5.46. The molecule has 154 valence electrons. The maximum atomic E-state index is 13.4. The highest BCUT2D eigenvalue weighted by molar-refractivity contribution is 7.90. The Kier molecular flexibility index (Phi) is 5.16. The quantitative estimate of drug-likeness (QED) is 0.435. The minimum Gasteiger partial charge on any atom is -0.496 e. The number of rotatable bonds is 5. The van der Waals surface area contributed by atoms with Gasteiger partial charge in [0.15, 0.2) is 0 Å². The van der Waals surface area contributed by atoms with Crippen molar-refractivity contribution in [2.24, 2.45) is 0 Å². The van der Waals surface area contributed by atoms with Gasteiger partial charge in [0, 0.05) is 11.6 Å². The average Bonchev–Trinajstić information content (AvgIpc) is 3.07. The van der Waals surface area contributed by atoms with Gasteiger partial charge in [-0.25, -0.2) is 12.4 Å². The van der Waals surface area contributed by atoms with Crippen molar-refractivity contribution in [2.75, 3.05) is 7.11 Å². The molecule has 0 fully saturated rings. The van der Waals surface area contributed by atoms with Crippen molar-refractivity contribution in [1.29, 1.82) is 0 Å². The highest BCUT2D eigenvalue weighted by Gasteiger charge is 2.21. The van der Waals surface area contributed by atoms with Crippen LogP contribution < -0.4 is 4.74 Å². The normalized spacial score (nSPS) is 11.7. The minimum atomic E-state index is -3.68. The summed E-state index contributed by atoms with van der Waals surface area (Å²) in [7, 11) is -2.00. The van der Waals surface area contributed by atoms with Gasteiger partial charge in [-0.15, -0.1) is 0 Å². The first kappa shape index (κ1) is 20.2. The molecule has 0 radical (unpaired) electrons. The Morgan fingerprint density at radius 3 is 2.17 bits per heavy atom. The number of benzene rings is 3. The predicted octanol–water partition coefficient (Wildman–Crippen LogP) is 5.40. The highest BCUT2D eigenvalue weighted by Crippen LogP contribution is 2.30. The lowest BCUT2D eigenvalue weighted by molar-refractivity contribution is 0.408. The van der Waals surface area contributed by atoms with Gasteiger partial charge < -0.3 is 4.74 Å². The Bertz CT molecular complexity index is 1310. The third kappa shape index (κ3) is 3.50. The van der Waals surface area contributed by atoms with Crippen molar-refractivity contribution < 1.29 is 13.2 Å². The van der Waals surface area contributed by atoms with E-state index in [2.05, 4.69) is 12.1 Å². The molecular weight excluding hydrogens is 394 g/mol. The zero-order valence-electron chi connectivity index (χ0n) is 17.6. The van der Waals surface area contributed by atoms with E-state index in [4.69, 9.17) is 4.74 Å². The fraction of sp³-hybridized carbons (Fsp3) is 0.200. The molecule has 0 N–H and O–H groups in total. The predicted molar refractivity (Wildman–Crippen MR) is 121 cm³/mol. The molecule has 1 aromatic heterocycles. The molecule has 3 aromatic carbocycles. The smallest absolute Gasteiger partial charge is 0.268 e. The van der Waals surface area contributed by atoms with Crippen molar-refractivity contribution in [3.8, 4) is 5.75 Å². The van der Waals surface area contributed by atoms with Gasteiger partial charge in [-0.05, 0) is 67.6 Å². The zero-order valence-corrected chi connectivity index (χ0v) is 18.5. The van der Waals surface area contributed by atoms with Gasteiger partial charge in [-0.1, -0.05) is 48.0 Å². The number of fused-ring (bicyclic) bond motifs is 1. The first-order chi connectivity index (χ1) is 14.3. The summed E-state index contributed by atoms with van der Waals surface area (Å²) in [5.41, 5.74) is 5.96. The molecule has 0 aliphatic rings. The third-order valence-corrected chi connectivity index (χ3v) is 7.15. The maximum Gasteiger partial charge on any atom is 0.268 e. The average molecular weight is 420 g/mol. The Morgan fingerprint density at radius 1 is 0.900 bits per heavy atom. The summed E-state index contributed by atoms with van der Waals surface area (Å²) in [4.78, 5) is 0.288. The number of ether oxygens (including phenoxy) is 1. The second-order valence-corrected chi connectivity index (χ2v) is 9.54. The van der Waals surface area contributed by atoms with Gasteiger partial charge in [-0.3, -0.25) is 0 Å². The van der Waals surface area contributed by atoms with E-state index in [1.165, 1.54) is 3.97 Å². The summed E-state index contributed by atoms with van der Waals surface area (Å²) < 4.78 is 33.6. The lowest BCUT2D eigenvalue weighted by atomic mass is 9.99. The van der Waals surface area contributed by atoms with Crippen molar-refractivity contribution in [3.05, 3.63) is 94.7 Å². The lowest BCUT2D eigenvalue weighted by Gasteiger charge is -2.11. The van der Waals surface area contributed by atoms with Crippen LogP contribution in [-0.4, -0.2) is 19.5 Å². The van der Waals surface area contributed by atoms with Gasteiger partial charge in [-0.2, -0.15) is 0 Å². The molecule has 0 atom stereocenters. The van der Waals surface area contributed by atoms with E-state index in [0.29, 0.717) is 11.9 Å². The van der Waals surface area contributed by atoms with E-state index in [1.54, 1.807) is 25.4 Å².